The van der Waals surface area contributed by atoms with Crippen molar-refractivity contribution in [2.24, 2.45) is 5.41 Å². The molecular formula is C28H32N6O3. The van der Waals surface area contributed by atoms with Crippen molar-refractivity contribution in [1.29, 1.82) is 0 Å². The van der Waals surface area contributed by atoms with Gasteiger partial charge in [-0.1, -0.05) is 13.0 Å². The fourth-order valence-electron chi connectivity index (χ4n) is 6.39. The zero-order valence-corrected chi connectivity index (χ0v) is 21.4. The minimum atomic E-state index is -0.516. The molecule has 3 aromatic rings. The summed E-state index contributed by atoms with van der Waals surface area (Å²) in [6.07, 6.45) is 7.06. The van der Waals surface area contributed by atoms with Crippen LogP contribution in [0.3, 0.4) is 0 Å². The van der Waals surface area contributed by atoms with E-state index in [1.807, 2.05) is 31.6 Å². The number of pyridine rings is 1. The number of carbonyl (C=O) groups is 1. The first-order chi connectivity index (χ1) is 17.9. The number of amides is 1. The van der Waals surface area contributed by atoms with Crippen molar-refractivity contribution in [3.8, 4) is 0 Å². The summed E-state index contributed by atoms with van der Waals surface area (Å²) in [4.78, 5) is 30.0. The molecule has 9 nitrogen and oxygen atoms in total. The number of morpholine rings is 1. The highest BCUT2D eigenvalue weighted by molar-refractivity contribution is 5.91. The minimum absolute atomic E-state index is 0.0657. The van der Waals surface area contributed by atoms with Gasteiger partial charge in [0.2, 0.25) is 0 Å². The third-order valence-electron chi connectivity index (χ3n) is 8.11. The van der Waals surface area contributed by atoms with Crippen molar-refractivity contribution in [2.45, 2.75) is 51.7 Å². The predicted octanol–water partition coefficient (Wildman–Crippen LogP) is 5.10. The fraction of sp³-hybridized carbons (Fsp3) is 0.500. The highest BCUT2D eigenvalue weighted by Gasteiger charge is 2.52. The molecule has 2 saturated heterocycles. The van der Waals surface area contributed by atoms with Gasteiger partial charge in [-0.15, -0.1) is 0 Å². The number of aryl methyl sites for hydroxylation is 1. The fourth-order valence-corrected chi connectivity index (χ4v) is 6.39. The Bertz CT molecular complexity index is 1390. The van der Waals surface area contributed by atoms with Crippen LogP contribution in [-0.4, -0.2) is 59.1 Å². The Balaban J connectivity index is 1.21. The monoisotopic (exact) mass is 500 g/mol. The molecule has 9 heteroatoms. The molecule has 1 amide bonds. The summed E-state index contributed by atoms with van der Waals surface area (Å²) in [5, 5.41) is 0. The van der Waals surface area contributed by atoms with E-state index in [-0.39, 0.29) is 11.5 Å². The van der Waals surface area contributed by atoms with Crippen LogP contribution in [0.15, 0.2) is 36.8 Å². The highest BCUT2D eigenvalue weighted by atomic mass is 16.6. The van der Waals surface area contributed by atoms with Gasteiger partial charge in [0.05, 0.1) is 55.6 Å². The SMILES string of the molecule is [C-]#[N+]c1ccc2ncn(C[C@@]3(C)CCC[C@@]4(CN(c5cnc(N6CCOCC6)cc5C)C(=O)O4)C3)c2c1. The lowest BCUT2D eigenvalue weighted by Crippen LogP contribution is -2.45. The average molecular weight is 501 g/mol. The van der Waals surface area contributed by atoms with Gasteiger partial charge in [0.1, 0.15) is 11.4 Å². The van der Waals surface area contributed by atoms with Crippen molar-refractivity contribution >= 4 is 34.3 Å². The van der Waals surface area contributed by atoms with Crippen LogP contribution in [0.25, 0.3) is 15.9 Å². The molecule has 192 valence electrons. The lowest BCUT2D eigenvalue weighted by molar-refractivity contribution is -0.0264. The number of aromatic nitrogens is 3. The maximum Gasteiger partial charge on any atom is 0.415 e. The molecule has 0 N–H and O–H groups in total. The number of rotatable bonds is 4. The smallest absolute Gasteiger partial charge is 0.415 e. The molecule has 37 heavy (non-hydrogen) atoms. The van der Waals surface area contributed by atoms with Gasteiger partial charge < -0.3 is 18.9 Å². The first kappa shape index (κ1) is 23.7. The van der Waals surface area contributed by atoms with Gasteiger partial charge in [0, 0.05) is 19.6 Å². The minimum Gasteiger partial charge on any atom is -0.441 e. The third kappa shape index (κ3) is 4.40. The highest BCUT2D eigenvalue weighted by Crippen LogP contribution is 2.48. The lowest BCUT2D eigenvalue weighted by Gasteiger charge is -2.43. The van der Waals surface area contributed by atoms with Crippen LogP contribution in [0.5, 0.6) is 0 Å². The van der Waals surface area contributed by atoms with Gasteiger partial charge in [-0.25, -0.2) is 19.6 Å². The van der Waals surface area contributed by atoms with Gasteiger partial charge in [-0.05, 0) is 61.8 Å². The predicted molar refractivity (Wildman–Crippen MR) is 141 cm³/mol. The Hall–Kier alpha value is -3.64. The van der Waals surface area contributed by atoms with Crippen LogP contribution in [0.4, 0.5) is 22.0 Å². The number of hydrogen-bond donors (Lipinski definition) is 0. The summed E-state index contributed by atoms with van der Waals surface area (Å²) >= 11 is 0. The topological polar surface area (TPSA) is 77.1 Å². The van der Waals surface area contributed by atoms with Crippen molar-refractivity contribution in [1.82, 2.24) is 14.5 Å². The van der Waals surface area contributed by atoms with Crippen LogP contribution < -0.4 is 9.80 Å². The molecule has 0 unspecified atom stereocenters. The summed E-state index contributed by atoms with van der Waals surface area (Å²) < 4.78 is 13.8. The first-order valence-corrected chi connectivity index (χ1v) is 13.0. The zero-order chi connectivity index (χ0) is 25.6. The Morgan fingerprint density at radius 3 is 2.78 bits per heavy atom. The summed E-state index contributed by atoms with van der Waals surface area (Å²) in [5.41, 5.74) is 3.73. The molecule has 1 saturated carbocycles. The van der Waals surface area contributed by atoms with E-state index in [4.69, 9.17) is 16.0 Å². The van der Waals surface area contributed by atoms with E-state index in [0.717, 1.165) is 73.4 Å². The van der Waals surface area contributed by atoms with Crippen LogP contribution in [0.2, 0.25) is 0 Å². The summed E-state index contributed by atoms with van der Waals surface area (Å²) in [6, 6.07) is 7.68. The third-order valence-corrected chi connectivity index (χ3v) is 8.11. The second kappa shape index (κ2) is 9.03. The second-order valence-electron chi connectivity index (χ2n) is 11.1. The van der Waals surface area contributed by atoms with E-state index in [1.165, 1.54) is 0 Å². The average Bonchev–Trinajstić information content (AvgIpc) is 3.43. The lowest BCUT2D eigenvalue weighted by atomic mass is 9.68. The number of carbonyl (C=O) groups excluding carboxylic acids is 1. The molecular weight excluding hydrogens is 468 g/mol. The normalized spacial score (nSPS) is 26.0. The molecule has 1 aliphatic carbocycles. The summed E-state index contributed by atoms with van der Waals surface area (Å²) in [5.74, 6) is 0.922. The Kier molecular flexibility index (Phi) is 5.80. The van der Waals surface area contributed by atoms with Gasteiger partial charge in [0.25, 0.3) is 0 Å². The van der Waals surface area contributed by atoms with E-state index < -0.39 is 5.60 Å². The van der Waals surface area contributed by atoms with Gasteiger partial charge in [0.15, 0.2) is 5.69 Å². The standard InChI is InChI=1S/C28H32N6O3/c1-20-13-25(32-9-11-36-12-10-32)30-15-24(20)34-18-28(37-26(34)35)8-4-7-27(2,16-28)17-33-19-31-22-6-5-21(29-3)14-23(22)33/h5-6,13-15,19H,4,7-12,16-18H2,1-2H3/t27-,28-/m0/s1. The molecule has 3 fully saturated rings. The van der Waals surface area contributed by atoms with E-state index in [1.54, 1.807) is 11.0 Å². The number of imidazole rings is 1. The molecule has 2 atom stereocenters. The largest absolute Gasteiger partial charge is 0.441 e. The van der Waals surface area contributed by atoms with Crippen molar-refractivity contribution in [3.05, 3.63) is 53.8 Å². The Morgan fingerprint density at radius 1 is 1.16 bits per heavy atom. The quantitative estimate of drug-likeness (QED) is 0.464. The maximum absolute atomic E-state index is 13.2. The molecule has 1 aromatic carbocycles. The number of hydrogen-bond acceptors (Lipinski definition) is 6. The van der Waals surface area contributed by atoms with Crippen LogP contribution >= 0.6 is 0 Å². The van der Waals surface area contributed by atoms with Crippen molar-refractivity contribution in [3.63, 3.8) is 0 Å². The molecule has 1 spiro atoms. The number of benzene rings is 1. The number of ether oxygens (including phenoxy) is 2. The first-order valence-electron chi connectivity index (χ1n) is 13.0. The molecule has 2 aliphatic heterocycles. The number of anilines is 2. The maximum atomic E-state index is 13.2. The molecule has 2 aromatic heterocycles. The Morgan fingerprint density at radius 2 is 2.00 bits per heavy atom. The molecule has 3 aliphatic rings. The second-order valence-corrected chi connectivity index (χ2v) is 11.1. The number of fused-ring (bicyclic) bond motifs is 1. The summed E-state index contributed by atoms with van der Waals surface area (Å²) in [6.45, 7) is 16.0. The van der Waals surface area contributed by atoms with Gasteiger partial charge >= 0.3 is 6.09 Å². The van der Waals surface area contributed by atoms with E-state index in [0.29, 0.717) is 25.4 Å². The van der Waals surface area contributed by atoms with Gasteiger partial charge in [-0.3, -0.25) is 4.90 Å². The molecule has 4 heterocycles. The van der Waals surface area contributed by atoms with E-state index >= 15 is 0 Å². The summed E-state index contributed by atoms with van der Waals surface area (Å²) in [7, 11) is 0. The van der Waals surface area contributed by atoms with Crippen LogP contribution in [0, 0.1) is 18.9 Å². The zero-order valence-electron chi connectivity index (χ0n) is 21.4. The van der Waals surface area contributed by atoms with Gasteiger partial charge in [-0.2, -0.15) is 0 Å². The molecule has 0 bridgehead atoms. The van der Waals surface area contributed by atoms with E-state index in [2.05, 4.69) is 37.3 Å². The van der Waals surface area contributed by atoms with Crippen molar-refractivity contribution < 1.29 is 14.3 Å². The van der Waals surface area contributed by atoms with Crippen LogP contribution in [-0.2, 0) is 16.0 Å². The molecule has 6 rings (SSSR count). The molecule has 0 radical (unpaired) electrons. The van der Waals surface area contributed by atoms with Crippen molar-refractivity contribution in [2.75, 3.05) is 42.6 Å². The number of nitrogens with zero attached hydrogens (tertiary/aromatic N) is 6. The Labute approximate surface area is 216 Å². The van der Waals surface area contributed by atoms with E-state index in [9.17, 15) is 4.79 Å². The van der Waals surface area contributed by atoms with Crippen LogP contribution in [0.1, 0.15) is 38.2 Å².